The topological polar surface area (TPSA) is 63.7 Å². The average Bonchev–Trinajstić information content (AvgIpc) is 2.50. The first-order valence-electron chi connectivity index (χ1n) is 6.98. The Hall–Kier alpha value is -0.630. The lowest BCUT2D eigenvalue weighted by atomic mass is 9.98. The average molecular weight is 411 g/mol. The maximum atomic E-state index is 12.2. The number of rotatable bonds is 4. The number of nitrogens with zero attached hydrogens (tertiary/aromatic N) is 1. The Bertz CT molecular complexity index is 657. The molecule has 0 amide bonds. The number of esters is 1. The molecule has 22 heavy (non-hydrogen) atoms. The zero-order valence-electron chi connectivity index (χ0n) is 12.1. The molecule has 0 N–H and O–H groups in total. The van der Waals surface area contributed by atoms with Crippen LogP contribution in [0.3, 0.4) is 0 Å². The van der Waals surface area contributed by atoms with Crippen LogP contribution in [-0.2, 0) is 14.8 Å². The molecule has 5 nitrogen and oxygen atoms in total. The van der Waals surface area contributed by atoms with Gasteiger partial charge < -0.3 is 4.74 Å². The Morgan fingerprint density at radius 2 is 2.05 bits per heavy atom. The highest BCUT2D eigenvalue weighted by molar-refractivity contribution is 9.10. The summed E-state index contributed by atoms with van der Waals surface area (Å²) in [5, 5.41) is 0.546. The van der Waals surface area contributed by atoms with E-state index in [0.29, 0.717) is 41.2 Å². The molecule has 0 atom stereocenters. The van der Waals surface area contributed by atoms with Gasteiger partial charge in [-0.1, -0.05) is 11.6 Å². The lowest BCUT2D eigenvalue weighted by Crippen LogP contribution is -2.41. The minimum Gasteiger partial charge on any atom is -0.425 e. The van der Waals surface area contributed by atoms with Gasteiger partial charge in [-0.3, -0.25) is 4.79 Å². The molecule has 0 saturated carbocycles. The SMILES string of the molecule is CCS(=O)(=O)N1CCC(C(=O)Oc2ccc(Cl)cc2Br)CC1. The van der Waals surface area contributed by atoms with E-state index in [1.54, 1.807) is 25.1 Å². The maximum absolute atomic E-state index is 12.2. The van der Waals surface area contributed by atoms with Crippen LogP contribution in [0.1, 0.15) is 19.8 Å². The fourth-order valence-electron chi connectivity index (χ4n) is 2.30. The molecule has 8 heteroatoms. The molecule has 1 saturated heterocycles. The van der Waals surface area contributed by atoms with Gasteiger partial charge in [-0.15, -0.1) is 0 Å². The highest BCUT2D eigenvalue weighted by Crippen LogP contribution is 2.30. The molecule has 1 aromatic rings. The van der Waals surface area contributed by atoms with E-state index in [2.05, 4.69) is 15.9 Å². The third-order valence-corrected chi connectivity index (χ3v) is 6.39. The van der Waals surface area contributed by atoms with Crippen LogP contribution in [0.4, 0.5) is 0 Å². The van der Waals surface area contributed by atoms with Crippen molar-refractivity contribution in [2.75, 3.05) is 18.8 Å². The molecule has 2 rings (SSSR count). The van der Waals surface area contributed by atoms with Crippen molar-refractivity contribution in [1.29, 1.82) is 0 Å². The highest BCUT2D eigenvalue weighted by atomic mass is 79.9. The number of carbonyl (C=O) groups is 1. The summed E-state index contributed by atoms with van der Waals surface area (Å²) in [5.41, 5.74) is 0. The fraction of sp³-hybridized carbons (Fsp3) is 0.500. The molecule has 1 aromatic carbocycles. The van der Waals surface area contributed by atoms with E-state index in [0.717, 1.165) is 0 Å². The first kappa shape index (κ1) is 17.7. The van der Waals surface area contributed by atoms with Gasteiger partial charge >= 0.3 is 5.97 Å². The molecule has 0 radical (unpaired) electrons. The number of benzene rings is 1. The molecule has 0 spiro atoms. The normalized spacial score (nSPS) is 17.4. The predicted octanol–water partition coefficient (Wildman–Crippen LogP) is 3.07. The second kappa shape index (κ2) is 7.29. The summed E-state index contributed by atoms with van der Waals surface area (Å²) < 4.78 is 31.0. The van der Waals surface area contributed by atoms with Crippen molar-refractivity contribution in [3.63, 3.8) is 0 Å². The van der Waals surface area contributed by atoms with E-state index in [1.165, 1.54) is 4.31 Å². The van der Waals surface area contributed by atoms with Gasteiger partial charge in [-0.05, 0) is 53.9 Å². The largest absolute Gasteiger partial charge is 0.425 e. The van der Waals surface area contributed by atoms with E-state index < -0.39 is 10.0 Å². The predicted molar refractivity (Wildman–Crippen MR) is 88.5 cm³/mol. The van der Waals surface area contributed by atoms with E-state index in [9.17, 15) is 13.2 Å². The molecule has 0 aliphatic carbocycles. The van der Waals surface area contributed by atoms with Crippen molar-refractivity contribution in [1.82, 2.24) is 4.31 Å². The molecule has 1 aliphatic rings. The Kier molecular flexibility index (Phi) is 5.87. The van der Waals surface area contributed by atoms with Crippen molar-refractivity contribution in [2.24, 2.45) is 5.92 Å². The summed E-state index contributed by atoms with van der Waals surface area (Å²) in [6, 6.07) is 4.92. The van der Waals surface area contributed by atoms with E-state index >= 15 is 0 Å². The lowest BCUT2D eigenvalue weighted by Gasteiger charge is -2.29. The Morgan fingerprint density at radius 1 is 1.41 bits per heavy atom. The Labute approximate surface area is 143 Å². The third-order valence-electron chi connectivity index (χ3n) is 3.65. The van der Waals surface area contributed by atoms with Crippen LogP contribution >= 0.6 is 27.5 Å². The summed E-state index contributed by atoms with van der Waals surface area (Å²) >= 11 is 9.14. The third kappa shape index (κ3) is 4.22. The minimum atomic E-state index is -3.18. The number of ether oxygens (including phenoxy) is 1. The maximum Gasteiger partial charge on any atom is 0.314 e. The van der Waals surface area contributed by atoms with Gasteiger partial charge in [-0.2, -0.15) is 0 Å². The molecular formula is C14H17BrClNO4S. The van der Waals surface area contributed by atoms with Gasteiger partial charge in [-0.25, -0.2) is 12.7 Å². The van der Waals surface area contributed by atoms with Gasteiger partial charge in [0.15, 0.2) is 0 Å². The summed E-state index contributed by atoms with van der Waals surface area (Å²) in [4.78, 5) is 12.2. The highest BCUT2D eigenvalue weighted by Gasteiger charge is 2.31. The molecular weight excluding hydrogens is 394 g/mol. The molecule has 122 valence electrons. The Balaban J connectivity index is 1.95. The van der Waals surface area contributed by atoms with Crippen LogP contribution in [0, 0.1) is 5.92 Å². The van der Waals surface area contributed by atoms with Gasteiger partial charge in [0.05, 0.1) is 16.1 Å². The second-order valence-corrected chi connectivity index (χ2v) is 8.62. The van der Waals surface area contributed by atoms with Gasteiger partial charge in [0.1, 0.15) is 5.75 Å². The number of hydrogen-bond donors (Lipinski definition) is 0. The quantitative estimate of drug-likeness (QED) is 0.565. The number of halogens is 2. The number of carbonyl (C=O) groups excluding carboxylic acids is 1. The zero-order chi connectivity index (χ0) is 16.3. The number of hydrogen-bond acceptors (Lipinski definition) is 4. The zero-order valence-corrected chi connectivity index (χ0v) is 15.2. The van der Waals surface area contributed by atoms with E-state index in [1.807, 2.05) is 0 Å². The first-order valence-corrected chi connectivity index (χ1v) is 9.76. The molecule has 1 aliphatic heterocycles. The molecule has 0 bridgehead atoms. The van der Waals surface area contributed by atoms with Crippen molar-refractivity contribution < 1.29 is 17.9 Å². The smallest absolute Gasteiger partial charge is 0.314 e. The summed E-state index contributed by atoms with van der Waals surface area (Å²) in [6.45, 7) is 2.34. The van der Waals surface area contributed by atoms with Crippen molar-refractivity contribution >= 4 is 43.5 Å². The van der Waals surface area contributed by atoms with Crippen molar-refractivity contribution in [2.45, 2.75) is 19.8 Å². The number of piperidine rings is 1. The molecule has 0 aromatic heterocycles. The fourth-order valence-corrected chi connectivity index (χ4v) is 4.20. The van der Waals surface area contributed by atoms with Gasteiger partial charge in [0.25, 0.3) is 0 Å². The van der Waals surface area contributed by atoms with Crippen molar-refractivity contribution in [3.8, 4) is 5.75 Å². The molecule has 1 fully saturated rings. The van der Waals surface area contributed by atoms with Gasteiger partial charge in [0.2, 0.25) is 10.0 Å². The van der Waals surface area contributed by atoms with Crippen LogP contribution < -0.4 is 4.74 Å². The molecule has 0 unspecified atom stereocenters. The van der Waals surface area contributed by atoms with Crippen LogP contribution in [0.15, 0.2) is 22.7 Å². The minimum absolute atomic E-state index is 0.0832. The van der Waals surface area contributed by atoms with E-state index in [4.69, 9.17) is 16.3 Å². The van der Waals surface area contributed by atoms with Crippen LogP contribution in [0.25, 0.3) is 0 Å². The van der Waals surface area contributed by atoms with Gasteiger partial charge in [0, 0.05) is 18.1 Å². The van der Waals surface area contributed by atoms with E-state index in [-0.39, 0.29) is 17.6 Å². The summed E-state index contributed by atoms with van der Waals surface area (Å²) in [5.74, 6) is -0.125. The summed E-state index contributed by atoms with van der Waals surface area (Å²) in [7, 11) is -3.18. The monoisotopic (exact) mass is 409 g/mol. The first-order chi connectivity index (χ1) is 10.3. The van der Waals surface area contributed by atoms with Crippen molar-refractivity contribution in [3.05, 3.63) is 27.7 Å². The summed E-state index contributed by atoms with van der Waals surface area (Å²) in [6.07, 6.45) is 0.951. The lowest BCUT2D eigenvalue weighted by molar-refractivity contribution is -0.140. The Morgan fingerprint density at radius 3 is 2.59 bits per heavy atom. The standard InChI is InChI=1S/C14H17BrClNO4S/c1-2-22(19,20)17-7-5-10(6-8-17)14(18)21-13-4-3-11(16)9-12(13)15/h3-4,9-10H,2,5-8H2,1H3. The van der Waals surface area contributed by atoms with Crippen LogP contribution in [-0.4, -0.2) is 37.5 Å². The molecule has 1 heterocycles. The van der Waals surface area contributed by atoms with Crippen LogP contribution in [0.5, 0.6) is 5.75 Å². The van der Waals surface area contributed by atoms with Crippen LogP contribution in [0.2, 0.25) is 5.02 Å². The number of sulfonamides is 1. The second-order valence-electron chi connectivity index (χ2n) is 5.07.